The Morgan fingerprint density at radius 2 is 1.85 bits per heavy atom. The molecule has 0 saturated carbocycles. The van der Waals surface area contributed by atoms with Crippen LogP contribution in [0.3, 0.4) is 0 Å². The van der Waals surface area contributed by atoms with Crippen molar-refractivity contribution in [1.82, 2.24) is 0 Å². The first-order chi connectivity index (χ1) is 12.6. The van der Waals surface area contributed by atoms with Crippen molar-refractivity contribution in [2.75, 3.05) is 17.2 Å². The number of ether oxygens (including phenoxy) is 1. The van der Waals surface area contributed by atoms with Gasteiger partial charge in [0.1, 0.15) is 0 Å². The molecule has 26 heavy (non-hydrogen) atoms. The Kier molecular flexibility index (Phi) is 5.61. The average molecular weight is 350 g/mol. The van der Waals surface area contributed by atoms with Crippen LogP contribution in [0.15, 0.2) is 48.2 Å². The number of hydrogen-bond donors (Lipinski definition) is 1. The molecule has 2 aromatic rings. The van der Waals surface area contributed by atoms with Gasteiger partial charge in [0.25, 0.3) is 5.91 Å². The SMILES string of the molecule is CCCCCN1C(=O)/C(=C\c2ccc(CC)cc2)Oc2ccc(N)cc21. The van der Waals surface area contributed by atoms with E-state index in [-0.39, 0.29) is 5.91 Å². The highest BCUT2D eigenvalue weighted by Gasteiger charge is 2.30. The molecule has 136 valence electrons. The lowest BCUT2D eigenvalue weighted by molar-refractivity contribution is -0.117. The zero-order valence-corrected chi connectivity index (χ0v) is 15.5. The molecule has 0 radical (unpaired) electrons. The Labute approximate surface area is 155 Å². The molecule has 0 bridgehead atoms. The Morgan fingerprint density at radius 1 is 1.08 bits per heavy atom. The van der Waals surface area contributed by atoms with E-state index in [2.05, 4.69) is 26.0 Å². The lowest BCUT2D eigenvalue weighted by Crippen LogP contribution is -2.38. The highest BCUT2D eigenvalue weighted by atomic mass is 16.5. The Morgan fingerprint density at radius 3 is 2.54 bits per heavy atom. The van der Waals surface area contributed by atoms with E-state index in [9.17, 15) is 4.79 Å². The van der Waals surface area contributed by atoms with Crippen molar-refractivity contribution in [3.8, 4) is 5.75 Å². The van der Waals surface area contributed by atoms with E-state index in [4.69, 9.17) is 10.5 Å². The number of nitrogens with zero attached hydrogens (tertiary/aromatic N) is 1. The number of nitrogen functional groups attached to an aromatic ring is 1. The summed E-state index contributed by atoms with van der Waals surface area (Å²) < 4.78 is 5.91. The summed E-state index contributed by atoms with van der Waals surface area (Å²) in [5.74, 6) is 0.911. The minimum atomic E-state index is -0.112. The molecular formula is C22H26N2O2. The fourth-order valence-corrected chi connectivity index (χ4v) is 3.07. The summed E-state index contributed by atoms with van der Waals surface area (Å²) in [6, 6.07) is 13.6. The first kappa shape index (κ1) is 18.1. The van der Waals surface area contributed by atoms with E-state index < -0.39 is 0 Å². The Balaban J connectivity index is 1.93. The van der Waals surface area contributed by atoms with E-state index in [1.54, 1.807) is 11.0 Å². The van der Waals surface area contributed by atoms with E-state index in [1.807, 2.05) is 30.3 Å². The van der Waals surface area contributed by atoms with E-state index in [1.165, 1.54) is 5.56 Å². The largest absolute Gasteiger partial charge is 0.449 e. The highest BCUT2D eigenvalue weighted by molar-refractivity contribution is 6.10. The topological polar surface area (TPSA) is 55.6 Å². The maximum absolute atomic E-state index is 13.0. The molecule has 0 atom stereocenters. The van der Waals surface area contributed by atoms with Gasteiger partial charge >= 0.3 is 0 Å². The molecule has 0 spiro atoms. The summed E-state index contributed by atoms with van der Waals surface area (Å²) in [5.41, 5.74) is 9.53. The van der Waals surface area contributed by atoms with Crippen molar-refractivity contribution in [3.63, 3.8) is 0 Å². The van der Waals surface area contributed by atoms with Gasteiger partial charge in [0.15, 0.2) is 11.5 Å². The zero-order valence-electron chi connectivity index (χ0n) is 15.5. The minimum Gasteiger partial charge on any atom is -0.449 e. The van der Waals surface area contributed by atoms with Crippen LogP contribution in [0.1, 0.15) is 44.2 Å². The second-order valence-corrected chi connectivity index (χ2v) is 6.60. The smallest absolute Gasteiger partial charge is 0.294 e. The first-order valence-electron chi connectivity index (χ1n) is 9.32. The zero-order chi connectivity index (χ0) is 18.5. The molecule has 1 heterocycles. The van der Waals surface area contributed by atoms with Gasteiger partial charge in [0.2, 0.25) is 0 Å². The number of aryl methyl sites for hydroxylation is 1. The summed E-state index contributed by atoms with van der Waals surface area (Å²) in [5, 5.41) is 0. The second-order valence-electron chi connectivity index (χ2n) is 6.60. The van der Waals surface area contributed by atoms with Crippen molar-refractivity contribution in [2.24, 2.45) is 0 Å². The minimum absolute atomic E-state index is 0.112. The van der Waals surface area contributed by atoms with Crippen LogP contribution >= 0.6 is 0 Å². The standard InChI is InChI=1S/C22H26N2O2/c1-3-5-6-13-24-19-15-18(23)11-12-20(19)26-21(22(24)25)14-17-9-7-16(4-2)8-10-17/h7-12,14-15H,3-6,13,23H2,1-2H3/b21-14+. The predicted octanol–water partition coefficient (Wildman–Crippen LogP) is 4.79. The molecule has 0 aliphatic carbocycles. The number of unbranched alkanes of at least 4 members (excludes halogenated alkanes) is 2. The quantitative estimate of drug-likeness (QED) is 0.463. The summed E-state index contributed by atoms with van der Waals surface area (Å²) in [6.07, 6.45) is 5.95. The molecule has 4 nitrogen and oxygen atoms in total. The van der Waals surface area contributed by atoms with Crippen LogP contribution in [0, 0.1) is 0 Å². The molecule has 0 unspecified atom stereocenters. The monoisotopic (exact) mass is 350 g/mol. The number of fused-ring (bicyclic) bond motifs is 1. The molecular weight excluding hydrogens is 324 g/mol. The van der Waals surface area contributed by atoms with Crippen LogP contribution in [0.4, 0.5) is 11.4 Å². The van der Waals surface area contributed by atoms with E-state index in [0.29, 0.717) is 23.7 Å². The molecule has 1 aliphatic rings. The fraction of sp³-hybridized carbons (Fsp3) is 0.318. The van der Waals surface area contributed by atoms with Gasteiger partial charge in [0.05, 0.1) is 5.69 Å². The van der Waals surface area contributed by atoms with Crippen LogP contribution < -0.4 is 15.4 Å². The average Bonchev–Trinajstić information content (AvgIpc) is 2.65. The van der Waals surface area contributed by atoms with Gasteiger partial charge in [-0.15, -0.1) is 0 Å². The van der Waals surface area contributed by atoms with Gasteiger partial charge in [-0.1, -0.05) is 51.0 Å². The molecule has 2 aromatic carbocycles. The van der Waals surface area contributed by atoms with Gasteiger partial charge in [-0.2, -0.15) is 0 Å². The highest BCUT2D eigenvalue weighted by Crippen LogP contribution is 2.37. The van der Waals surface area contributed by atoms with Gasteiger partial charge in [-0.3, -0.25) is 4.79 Å². The van der Waals surface area contributed by atoms with Crippen LogP contribution in [-0.2, 0) is 11.2 Å². The second kappa shape index (κ2) is 8.09. The number of carbonyl (C=O) groups is 1. The maximum atomic E-state index is 13.0. The van der Waals surface area contributed by atoms with Gasteiger partial charge in [0, 0.05) is 12.2 Å². The number of anilines is 2. The molecule has 0 fully saturated rings. The van der Waals surface area contributed by atoms with Crippen molar-refractivity contribution in [2.45, 2.75) is 39.5 Å². The third-order valence-electron chi connectivity index (χ3n) is 4.62. The molecule has 3 rings (SSSR count). The van der Waals surface area contributed by atoms with Gasteiger partial charge < -0.3 is 15.4 Å². The van der Waals surface area contributed by atoms with E-state index >= 15 is 0 Å². The number of nitrogens with two attached hydrogens (primary N) is 1. The number of benzene rings is 2. The normalized spacial score (nSPS) is 15.1. The van der Waals surface area contributed by atoms with Gasteiger partial charge in [-0.05, 0) is 48.2 Å². The molecule has 0 saturated heterocycles. The molecule has 2 N–H and O–H groups in total. The van der Waals surface area contributed by atoms with Crippen LogP contribution in [0.2, 0.25) is 0 Å². The molecule has 1 aliphatic heterocycles. The summed E-state index contributed by atoms with van der Waals surface area (Å²) in [6.45, 7) is 4.94. The number of amides is 1. The van der Waals surface area contributed by atoms with Crippen LogP contribution in [0.5, 0.6) is 5.75 Å². The number of carbonyl (C=O) groups excluding carboxylic acids is 1. The Hall–Kier alpha value is -2.75. The first-order valence-corrected chi connectivity index (χ1v) is 9.32. The van der Waals surface area contributed by atoms with E-state index in [0.717, 1.165) is 36.9 Å². The maximum Gasteiger partial charge on any atom is 0.294 e. The summed E-state index contributed by atoms with van der Waals surface area (Å²) >= 11 is 0. The van der Waals surface area contributed by atoms with Crippen molar-refractivity contribution in [1.29, 1.82) is 0 Å². The fourth-order valence-electron chi connectivity index (χ4n) is 3.07. The Bertz CT molecular complexity index is 809. The summed E-state index contributed by atoms with van der Waals surface area (Å²) in [7, 11) is 0. The van der Waals surface area contributed by atoms with Crippen LogP contribution in [-0.4, -0.2) is 12.5 Å². The lowest BCUT2D eigenvalue weighted by atomic mass is 10.1. The van der Waals surface area contributed by atoms with Crippen molar-refractivity contribution in [3.05, 3.63) is 59.4 Å². The molecule has 4 heteroatoms. The number of hydrogen-bond acceptors (Lipinski definition) is 3. The molecule has 0 aromatic heterocycles. The predicted molar refractivity (Wildman–Crippen MR) is 107 cm³/mol. The third kappa shape index (κ3) is 3.90. The summed E-state index contributed by atoms with van der Waals surface area (Å²) in [4.78, 5) is 14.8. The van der Waals surface area contributed by atoms with Crippen LogP contribution in [0.25, 0.3) is 6.08 Å². The van der Waals surface area contributed by atoms with Gasteiger partial charge in [-0.25, -0.2) is 0 Å². The molecule has 1 amide bonds. The van der Waals surface area contributed by atoms with Crippen molar-refractivity contribution < 1.29 is 9.53 Å². The van der Waals surface area contributed by atoms with Crippen molar-refractivity contribution >= 4 is 23.4 Å². The number of rotatable bonds is 6. The third-order valence-corrected chi connectivity index (χ3v) is 4.62. The lowest BCUT2D eigenvalue weighted by Gasteiger charge is -2.30.